The second-order valence-electron chi connectivity index (χ2n) is 5.43. The molecule has 1 N–H and O–H groups in total. The number of hydrogen-bond acceptors (Lipinski definition) is 3. The van der Waals surface area contributed by atoms with Crippen molar-refractivity contribution in [2.45, 2.75) is 52.2 Å². The van der Waals surface area contributed by atoms with Crippen LogP contribution in [0.25, 0.3) is 0 Å². The van der Waals surface area contributed by atoms with Crippen molar-refractivity contribution in [1.29, 1.82) is 0 Å². The molecule has 0 saturated carbocycles. The van der Waals surface area contributed by atoms with Crippen LogP contribution < -0.4 is 5.32 Å². The van der Waals surface area contributed by atoms with Crippen molar-refractivity contribution in [2.24, 2.45) is 0 Å². The quantitative estimate of drug-likeness (QED) is 0.689. The van der Waals surface area contributed by atoms with E-state index in [9.17, 15) is 4.79 Å². The molecule has 0 aromatic carbocycles. The Kier molecular flexibility index (Phi) is 4.59. The van der Waals surface area contributed by atoms with Gasteiger partial charge in [0.25, 0.3) is 0 Å². The second-order valence-corrected chi connectivity index (χ2v) is 5.43. The molecule has 16 heavy (non-hydrogen) atoms. The fourth-order valence-corrected chi connectivity index (χ4v) is 1.77. The smallest absolute Gasteiger partial charge is 0.410 e. The van der Waals surface area contributed by atoms with Crippen LogP contribution in [0, 0.1) is 0 Å². The molecule has 0 spiro atoms. The highest BCUT2D eigenvalue weighted by molar-refractivity contribution is 5.68. The largest absolute Gasteiger partial charge is 0.444 e. The van der Waals surface area contributed by atoms with Gasteiger partial charge in [-0.15, -0.1) is 0 Å². The second kappa shape index (κ2) is 5.53. The molecule has 1 fully saturated rings. The van der Waals surface area contributed by atoms with Gasteiger partial charge in [0.1, 0.15) is 5.60 Å². The van der Waals surface area contributed by atoms with E-state index < -0.39 is 5.60 Å². The average molecular weight is 228 g/mol. The van der Waals surface area contributed by atoms with E-state index in [1.54, 1.807) is 0 Å². The summed E-state index contributed by atoms with van der Waals surface area (Å²) in [6, 6.07) is 0.204. The Balaban J connectivity index is 2.56. The minimum Gasteiger partial charge on any atom is -0.444 e. The highest BCUT2D eigenvalue weighted by Gasteiger charge is 2.26. The van der Waals surface area contributed by atoms with E-state index in [1.807, 2.05) is 25.7 Å². The van der Waals surface area contributed by atoms with E-state index in [0.717, 1.165) is 32.5 Å². The molecular weight excluding hydrogens is 204 g/mol. The van der Waals surface area contributed by atoms with Gasteiger partial charge in [-0.05, 0) is 47.1 Å². The van der Waals surface area contributed by atoms with E-state index in [1.165, 1.54) is 0 Å². The molecule has 1 rings (SSSR count). The fraction of sp³-hybridized carbons (Fsp3) is 0.917. The van der Waals surface area contributed by atoms with E-state index in [-0.39, 0.29) is 12.1 Å². The third-order valence-corrected chi connectivity index (χ3v) is 2.60. The van der Waals surface area contributed by atoms with Crippen LogP contribution in [-0.4, -0.2) is 42.3 Å². The number of amides is 1. The average Bonchev–Trinajstić information content (AvgIpc) is 2.08. The van der Waals surface area contributed by atoms with Crippen molar-refractivity contribution >= 4 is 6.09 Å². The molecular formula is C12H24N2O2. The number of carbonyl (C=O) groups is 1. The molecule has 1 aliphatic heterocycles. The summed E-state index contributed by atoms with van der Waals surface area (Å²) >= 11 is 0. The molecule has 1 amide bonds. The van der Waals surface area contributed by atoms with Crippen molar-refractivity contribution in [3.63, 3.8) is 0 Å². The fourth-order valence-electron chi connectivity index (χ4n) is 1.77. The van der Waals surface area contributed by atoms with Gasteiger partial charge in [-0.2, -0.15) is 0 Å². The van der Waals surface area contributed by atoms with Crippen LogP contribution in [0.4, 0.5) is 4.79 Å². The molecule has 1 aliphatic rings. The molecule has 1 saturated heterocycles. The van der Waals surface area contributed by atoms with Gasteiger partial charge >= 0.3 is 6.09 Å². The summed E-state index contributed by atoms with van der Waals surface area (Å²) in [5.41, 5.74) is -0.410. The predicted octanol–water partition coefficient (Wildman–Crippen LogP) is 2.00. The Labute approximate surface area is 98.3 Å². The number of carbonyl (C=O) groups excluding carboxylic acids is 1. The summed E-state index contributed by atoms with van der Waals surface area (Å²) in [6.07, 6.45) is 1.96. The van der Waals surface area contributed by atoms with Crippen molar-refractivity contribution in [2.75, 3.05) is 19.6 Å². The van der Waals surface area contributed by atoms with Crippen LogP contribution in [0.15, 0.2) is 0 Å². The lowest BCUT2D eigenvalue weighted by molar-refractivity contribution is 0.0163. The zero-order valence-corrected chi connectivity index (χ0v) is 10.9. The first kappa shape index (κ1) is 13.3. The van der Waals surface area contributed by atoms with Crippen molar-refractivity contribution in [3.8, 4) is 0 Å². The summed E-state index contributed by atoms with van der Waals surface area (Å²) in [5, 5.41) is 3.34. The maximum absolute atomic E-state index is 12.0. The summed E-state index contributed by atoms with van der Waals surface area (Å²) in [6.45, 7) is 10.5. The van der Waals surface area contributed by atoms with E-state index >= 15 is 0 Å². The number of nitrogens with one attached hydrogen (secondary N) is 1. The molecule has 0 aliphatic carbocycles. The minimum absolute atomic E-state index is 0.191. The highest BCUT2D eigenvalue weighted by atomic mass is 16.6. The Hall–Kier alpha value is -0.770. The van der Waals surface area contributed by atoms with Crippen LogP contribution >= 0.6 is 0 Å². The van der Waals surface area contributed by atoms with Crippen LogP contribution in [0.1, 0.15) is 40.5 Å². The number of hydrogen-bond donors (Lipinski definition) is 1. The van der Waals surface area contributed by atoms with E-state index in [2.05, 4.69) is 12.2 Å². The van der Waals surface area contributed by atoms with E-state index in [4.69, 9.17) is 4.74 Å². The number of nitrogens with zero attached hydrogens (tertiary/aromatic N) is 1. The van der Waals surface area contributed by atoms with Crippen LogP contribution in [0.3, 0.4) is 0 Å². The van der Waals surface area contributed by atoms with Gasteiger partial charge in [0.05, 0.1) is 0 Å². The van der Waals surface area contributed by atoms with Gasteiger partial charge in [-0.25, -0.2) is 4.79 Å². The number of ether oxygens (including phenoxy) is 1. The Morgan fingerprint density at radius 3 is 2.69 bits per heavy atom. The Morgan fingerprint density at radius 2 is 2.06 bits per heavy atom. The van der Waals surface area contributed by atoms with Gasteiger partial charge in [0.15, 0.2) is 0 Å². The molecule has 0 aromatic rings. The molecule has 94 valence electrons. The first-order chi connectivity index (χ1) is 7.40. The first-order valence-electron chi connectivity index (χ1n) is 6.10. The predicted molar refractivity (Wildman–Crippen MR) is 64.5 cm³/mol. The molecule has 0 aromatic heterocycles. The third kappa shape index (κ3) is 4.39. The standard InChI is InChI=1S/C12H24N2O2/c1-10-9-13-7-5-6-8-14(10)11(15)16-12(2,3)4/h10,13H,5-9H2,1-4H3/t10-/m0/s1. The SMILES string of the molecule is C[C@H]1CNCCCCN1C(=O)OC(C)(C)C. The van der Waals surface area contributed by atoms with Crippen LogP contribution in [0.2, 0.25) is 0 Å². The lowest BCUT2D eigenvalue weighted by Crippen LogP contribution is -2.48. The monoisotopic (exact) mass is 228 g/mol. The zero-order chi connectivity index (χ0) is 12.2. The summed E-state index contributed by atoms with van der Waals surface area (Å²) < 4.78 is 5.40. The molecule has 0 radical (unpaired) electrons. The normalized spacial score (nSPS) is 23.5. The van der Waals surface area contributed by atoms with Crippen LogP contribution in [0.5, 0.6) is 0 Å². The summed E-state index contributed by atoms with van der Waals surface area (Å²) in [7, 11) is 0. The van der Waals surface area contributed by atoms with Crippen molar-refractivity contribution < 1.29 is 9.53 Å². The topological polar surface area (TPSA) is 41.6 Å². The molecule has 4 heteroatoms. The van der Waals surface area contributed by atoms with Crippen molar-refractivity contribution in [3.05, 3.63) is 0 Å². The molecule has 1 atom stereocenters. The Morgan fingerprint density at radius 1 is 1.38 bits per heavy atom. The summed E-state index contributed by atoms with van der Waals surface area (Å²) in [5.74, 6) is 0. The molecule has 0 unspecified atom stereocenters. The minimum atomic E-state index is -0.410. The van der Waals surface area contributed by atoms with Gasteiger partial charge in [0.2, 0.25) is 0 Å². The van der Waals surface area contributed by atoms with Gasteiger partial charge < -0.3 is 15.0 Å². The third-order valence-electron chi connectivity index (χ3n) is 2.60. The van der Waals surface area contributed by atoms with Gasteiger partial charge in [-0.1, -0.05) is 0 Å². The first-order valence-corrected chi connectivity index (χ1v) is 6.10. The zero-order valence-electron chi connectivity index (χ0n) is 10.9. The van der Waals surface area contributed by atoms with E-state index in [0.29, 0.717) is 0 Å². The lowest BCUT2D eigenvalue weighted by atomic mass is 10.2. The molecule has 1 heterocycles. The lowest BCUT2D eigenvalue weighted by Gasteiger charge is -2.33. The summed E-state index contributed by atoms with van der Waals surface area (Å²) in [4.78, 5) is 13.8. The number of rotatable bonds is 0. The van der Waals surface area contributed by atoms with Crippen molar-refractivity contribution in [1.82, 2.24) is 10.2 Å². The maximum atomic E-state index is 12.0. The molecule has 0 bridgehead atoms. The van der Waals surface area contributed by atoms with Gasteiger partial charge in [0, 0.05) is 19.1 Å². The maximum Gasteiger partial charge on any atom is 0.410 e. The Bertz CT molecular complexity index is 236. The van der Waals surface area contributed by atoms with Gasteiger partial charge in [-0.3, -0.25) is 0 Å². The van der Waals surface area contributed by atoms with Crippen LogP contribution in [-0.2, 0) is 4.74 Å². The molecule has 4 nitrogen and oxygen atoms in total. The highest BCUT2D eigenvalue weighted by Crippen LogP contribution is 2.13.